The van der Waals surface area contributed by atoms with Crippen LogP contribution in [-0.2, 0) is 6.54 Å². The third kappa shape index (κ3) is 2.35. The van der Waals surface area contributed by atoms with E-state index in [1.54, 1.807) is 0 Å². The van der Waals surface area contributed by atoms with Crippen LogP contribution in [0.3, 0.4) is 0 Å². The Hall–Kier alpha value is -1.70. The monoisotopic (exact) mass is 379 g/mol. The molecule has 0 fully saturated rings. The third-order valence-electron chi connectivity index (χ3n) is 3.33. The first kappa shape index (κ1) is 13.3. The molecule has 0 radical (unpaired) electrons. The lowest BCUT2D eigenvalue weighted by Gasteiger charge is -2.12. The molecule has 0 saturated carbocycles. The Morgan fingerprint density at radius 1 is 1.25 bits per heavy atom. The van der Waals surface area contributed by atoms with Crippen molar-refractivity contribution in [3.63, 3.8) is 0 Å². The summed E-state index contributed by atoms with van der Waals surface area (Å²) in [4.78, 5) is 8.34. The minimum Gasteiger partial charge on any atom is -0.383 e. The number of hydrogen-bond donors (Lipinski definition) is 1. The predicted molar refractivity (Wildman–Crippen MR) is 87.3 cm³/mol. The molecule has 2 aromatic heterocycles. The van der Waals surface area contributed by atoms with E-state index in [0.717, 1.165) is 21.3 Å². The molecule has 0 amide bonds. The van der Waals surface area contributed by atoms with Gasteiger partial charge in [0.1, 0.15) is 15.8 Å². The first-order valence-corrected chi connectivity index (χ1v) is 7.42. The number of nitrogens with zero attached hydrogens (tertiary/aromatic N) is 4. The van der Waals surface area contributed by atoms with Crippen molar-refractivity contribution >= 4 is 39.4 Å². The molecule has 1 unspecified atom stereocenters. The van der Waals surface area contributed by atoms with Gasteiger partial charge < -0.3 is 5.73 Å². The van der Waals surface area contributed by atoms with E-state index in [9.17, 15) is 0 Å². The summed E-state index contributed by atoms with van der Waals surface area (Å²) < 4.78 is 2.75. The number of fused-ring (bicyclic) bond motifs is 1. The number of rotatable bonds is 3. The highest BCUT2D eigenvalue weighted by atomic mass is 127. The zero-order valence-corrected chi connectivity index (χ0v) is 13.2. The lowest BCUT2D eigenvalue weighted by molar-refractivity contribution is 0.552. The van der Waals surface area contributed by atoms with Crippen molar-refractivity contribution in [2.24, 2.45) is 0 Å². The smallest absolute Gasteiger partial charge is 0.164 e. The van der Waals surface area contributed by atoms with Gasteiger partial charge in [-0.1, -0.05) is 37.3 Å². The van der Waals surface area contributed by atoms with Gasteiger partial charge >= 0.3 is 0 Å². The topological polar surface area (TPSA) is 69.6 Å². The molecule has 0 aliphatic rings. The first-order valence-electron chi connectivity index (χ1n) is 6.34. The van der Waals surface area contributed by atoms with Crippen LogP contribution in [0.4, 0.5) is 5.82 Å². The molecule has 2 heterocycles. The maximum Gasteiger partial charge on any atom is 0.164 e. The van der Waals surface area contributed by atoms with Gasteiger partial charge in [0.25, 0.3) is 0 Å². The Balaban J connectivity index is 1.98. The normalized spacial score (nSPS) is 12.7. The molecule has 20 heavy (non-hydrogen) atoms. The summed E-state index contributed by atoms with van der Waals surface area (Å²) in [5.41, 5.74) is 7.98. The van der Waals surface area contributed by atoms with Gasteiger partial charge in [0.2, 0.25) is 0 Å². The van der Waals surface area contributed by atoms with Gasteiger partial charge in [0.05, 0.1) is 5.39 Å². The first-order chi connectivity index (χ1) is 9.66. The minimum atomic E-state index is 0.353. The molecule has 5 nitrogen and oxygen atoms in total. The highest BCUT2D eigenvalue weighted by molar-refractivity contribution is 14.1. The van der Waals surface area contributed by atoms with Gasteiger partial charge in [0.15, 0.2) is 5.65 Å². The fourth-order valence-corrected chi connectivity index (χ4v) is 3.04. The molecule has 0 spiro atoms. The second kappa shape index (κ2) is 5.35. The number of aromatic nitrogens is 4. The molecule has 6 heteroatoms. The van der Waals surface area contributed by atoms with Crippen LogP contribution >= 0.6 is 22.6 Å². The molecule has 0 bridgehead atoms. The fraction of sp³-hybridized carbons (Fsp3) is 0.214. The van der Waals surface area contributed by atoms with Crippen LogP contribution in [0.5, 0.6) is 0 Å². The maximum atomic E-state index is 5.90. The minimum absolute atomic E-state index is 0.353. The van der Waals surface area contributed by atoms with Gasteiger partial charge in [-0.05, 0) is 28.2 Å². The summed E-state index contributed by atoms with van der Waals surface area (Å²) in [6, 6.07) is 10.4. The number of nitrogens with two attached hydrogens (primary N) is 1. The van der Waals surface area contributed by atoms with Crippen LogP contribution < -0.4 is 5.73 Å². The Bertz CT molecular complexity index is 738. The van der Waals surface area contributed by atoms with E-state index in [2.05, 4.69) is 68.8 Å². The number of hydrogen-bond acceptors (Lipinski definition) is 4. The van der Waals surface area contributed by atoms with E-state index in [1.165, 1.54) is 11.9 Å². The predicted octanol–water partition coefficient (Wildman–Crippen LogP) is 2.82. The molecule has 3 aromatic rings. The number of anilines is 1. The molecule has 102 valence electrons. The van der Waals surface area contributed by atoms with Crippen molar-refractivity contribution in [3.05, 3.63) is 45.9 Å². The van der Waals surface area contributed by atoms with Crippen LogP contribution in [0.1, 0.15) is 18.4 Å². The molecule has 0 aliphatic carbocycles. The van der Waals surface area contributed by atoms with Gasteiger partial charge in [0, 0.05) is 12.5 Å². The largest absolute Gasteiger partial charge is 0.383 e. The molecular formula is C14H14IN5. The van der Waals surface area contributed by atoms with Crippen LogP contribution in [0.2, 0.25) is 0 Å². The Morgan fingerprint density at radius 2 is 2.00 bits per heavy atom. The molecule has 3 rings (SSSR count). The standard InChI is InChI=1S/C14H14IN5/c1-9(10-5-3-2-4-6-10)7-20-14-11(12(15)19-20)13(16)17-8-18-14/h2-6,8-9H,7H2,1H3,(H2,16,17,18). The van der Waals surface area contributed by atoms with E-state index in [-0.39, 0.29) is 0 Å². The van der Waals surface area contributed by atoms with Crippen LogP contribution in [0.15, 0.2) is 36.7 Å². The summed E-state index contributed by atoms with van der Waals surface area (Å²) in [6.45, 7) is 2.94. The third-order valence-corrected chi connectivity index (χ3v) is 4.09. The van der Waals surface area contributed by atoms with Gasteiger partial charge in [-0.15, -0.1) is 0 Å². The highest BCUT2D eigenvalue weighted by Gasteiger charge is 2.15. The van der Waals surface area contributed by atoms with E-state index < -0.39 is 0 Å². The zero-order valence-electron chi connectivity index (χ0n) is 11.0. The summed E-state index contributed by atoms with van der Waals surface area (Å²) in [6.07, 6.45) is 1.49. The van der Waals surface area contributed by atoms with E-state index in [0.29, 0.717) is 11.7 Å². The zero-order chi connectivity index (χ0) is 14.1. The van der Waals surface area contributed by atoms with E-state index >= 15 is 0 Å². The summed E-state index contributed by atoms with van der Waals surface area (Å²) >= 11 is 2.17. The summed E-state index contributed by atoms with van der Waals surface area (Å²) in [5.74, 6) is 0.837. The van der Waals surface area contributed by atoms with Crippen molar-refractivity contribution < 1.29 is 0 Å². The van der Waals surface area contributed by atoms with E-state index in [1.807, 2.05) is 10.7 Å². The Labute approximate surface area is 130 Å². The Kier molecular flexibility index (Phi) is 3.56. The number of halogens is 1. The average Bonchev–Trinajstić information content (AvgIpc) is 2.77. The summed E-state index contributed by atoms with van der Waals surface area (Å²) in [5, 5.41) is 5.38. The quantitative estimate of drug-likeness (QED) is 0.711. The van der Waals surface area contributed by atoms with Gasteiger partial charge in [-0.2, -0.15) is 5.10 Å². The summed E-state index contributed by atoms with van der Waals surface area (Å²) in [7, 11) is 0. The van der Waals surface area contributed by atoms with Crippen molar-refractivity contribution in [1.82, 2.24) is 19.7 Å². The second-order valence-corrected chi connectivity index (χ2v) is 5.76. The van der Waals surface area contributed by atoms with Gasteiger partial charge in [-0.3, -0.25) is 0 Å². The fourth-order valence-electron chi connectivity index (χ4n) is 2.26. The number of benzene rings is 1. The second-order valence-electron chi connectivity index (χ2n) is 4.74. The van der Waals surface area contributed by atoms with Crippen molar-refractivity contribution in [3.8, 4) is 0 Å². The van der Waals surface area contributed by atoms with Crippen molar-refractivity contribution in [2.75, 3.05) is 5.73 Å². The van der Waals surface area contributed by atoms with Crippen molar-refractivity contribution in [1.29, 1.82) is 0 Å². The number of nitrogen functional groups attached to an aromatic ring is 1. The van der Waals surface area contributed by atoms with E-state index in [4.69, 9.17) is 5.73 Å². The van der Waals surface area contributed by atoms with Crippen LogP contribution in [0.25, 0.3) is 11.0 Å². The molecule has 1 aromatic carbocycles. The van der Waals surface area contributed by atoms with Crippen LogP contribution in [0, 0.1) is 3.70 Å². The SMILES string of the molecule is CC(Cn1nc(I)c2c(N)ncnc21)c1ccccc1. The van der Waals surface area contributed by atoms with Crippen molar-refractivity contribution in [2.45, 2.75) is 19.4 Å². The molecule has 0 aliphatic heterocycles. The molecule has 0 saturated heterocycles. The Morgan fingerprint density at radius 3 is 2.75 bits per heavy atom. The molecule has 2 N–H and O–H groups in total. The lowest BCUT2D eigenvalue weighted by Crippen LogP contribution is -2.08. The lowest BCUT2D eigenvalue weighted by atomic mass is 10.0. The van der Waals surface area contributed by atoms with Gasteiger partial charge in [-0.25, -0.2) is 14.6 Å². The highest BCUT2D eigenvalue weighted by Crippen LogP contribution is 2.25. The van der Waals surface area contributed by atoms with Crippen LogP contribution in [-0.4, -0.2) is 19.7 Å². The molecular weight excluding hydrogens is 365 g/mol. The molecule has 1 atom stereocenters. The average molecular weight is 379 g/mol. The maximum absolute atomic E-state index is 5.90.